The van der Waals surface area contributed by atoms with Crippen molar-refractivity contribution in [3.8, 4) is 5.75 Å². The molecular weight excluding hydrogens is 396 g/mol. The number of carbonyl (C=O) groups excluding carboxylic acids is 3. The predicted molar refractivity (Wildman–Crippen MR) is 117 cm³/mol. The van der Waals surface area contributed by atoms with E-state index in [1.165, 1.54) is 12.5 Å². The van der Waals surface area contributed by atoms with Gasteiger partial charge in [-0.2, -0.15) is 0 Å². The van der Waals surface area contributed by atoms with Crippen LogP contribution in [0.1, 0.15) is 31.4 Å². The lowest BCUT2D eigenvalue weighted by atomic mass is 10.1. The lowest BCUT2D eigenvalue weighted by Gasteiger charge is -2.18. The van der Waals surface area contributed by atoms with Crippen molar-refractivity contribution in [2.75, 3.05) is 18.6 Å². The minimum atomic E-state index is -0.946. The summed E-state index contributed by atoms with van der Waals surface area (Å²) >= 11 is 0. The zero-order valence-electron chi connectivity index (χ0n) is 18.1. The molecule has 1 saturated heterocycles. The van der Waals surface area contributed by atoms with Crippen LogP contribution in [0.4, 0.5) is 5.69 Å². The molecule has 164 valence electrons. The number of hydrogen-bond acceptors (Lipinski definition) is 5. The molecular formula is C24H28N2O5. The molecule has 2 atom stereocenters. The van der Waals surface area contributed by atoms with Crippen molar-refractivity contribution < 1.29 is 23.9 Å². The quantitative estimate of drug-likeness (QED) is 0.659. The fourth-order valence-electron chi connectivity index (χ4n) is 3.43. The van der Waals surface area contributed by atoms with Crippen molar-refractivity contribution in [1.29, 1.82) is 0 Å². The molecule has 3 rings (SSSR count). The number of ether oxygens (including phenoxy) is 2. The molecule has 1 N–H and O–H groups in total. The third kappa shape index (κ3) is 5.63. The van der Waals surface area contributed by atoms with E-state index in [1.54, 1.807) is 12.0 Å². The van der Waals surface area contributed by atoms with Crippen molar-refractivity contribution in [2.24, 2.45) is 5.92 Å². The highest BCUT2D eigenvalue weighted by Gasteiger charge is 2.37. The Morgan fingerprint density at radius 2 is 1.74 bits per heavy atom. The summed E-state index contributed by atoms with van der Waals surface area (Å²) in [4.78, 5) is 38.8. The summed E-state index contributed by atoms with van der Waals surface area (Å²) < 4.78 is 10.4. The second-order valence-electron chi connectivity index (χ2n) is 7.57. The van der Waals surface area contributed by atoms with Gasteiger partial charge < -0.3 is 19.7 Å². The van der Waals surface area contributed by atoms with Gasteiger partial charge in [-0.05, 0) is 48.7 Å². The molecule has 7 nitrogen and oxygen atoms in total. The maximum Gasteiger partial charge on any atom is 0.312 e. The van der Waals surface area contributed by atoms with Crippen LogP contribution < -0.4 is 15.0 Å². The number of nitrogens with zero attached hydrogens (tertiary/aromatic N) is 1. The van der Waals surface area contributed by atoms with E-state index in [0.29, 0.717) is 6.54 Å². The van der Waals surface area contributed by atoms with Crippen LogP contribution in [-0.4, -0.2) is 37.5 Å². The van der Waals surface area contributed by atoms with Crippen LogP contribution in [0.15, 0.2) is 48.5 Å². The normalized spacial score (nSPS) is 16.7. The van der Waals surface area contributed by atoms with Crippen LogP contribution in [0.5, 0.6) is 5.75 Å². The standard InChI is InChI=1S/C24H28N2O5/c1-4-17-5-9-20(10-6-17)26-15-19(13-22(26)27)24(29)31-16(2)23(28)25-14-18-7-11-21(30-3)12-8-18/h5-12,16,19H,4,13-15H2,1-3H3,(H,25,28)/t16-,19+/m1/s1. The molecule has 2 aromatic carbocycles. The maximum absolute atomic E-state index is 12.5. The van der Waals surface area contributed by atoms with Crippen LogP contribution >= 0.6 is 0 Å². The van der Waals surface area contributed by atoms with E-state index in [9.17, 15) is 14.4 Å². The number of rotatable bonds is 8. The smallest absolute Gasteiger partial charge is 0.312 e. The number of methoxy groups -OCH3 is 1. The summed E-state index contributed by atoms with van der Waals surface area (Å²) in [7, 11) is 1.59. The largest absolute Gasteiger partial charge is 0.497 e. The van der Waals surface area contributed by atoms with E-state index in [2.05, 4.69) is 12.2 Å². The molecule has 31 heavy (non-hydrogen) atoms. The van der Waals surface area contributed by atoms with Crippen LogP contribution in [0.2, 0.25) is 0 Å². The molecule has 0 unspecified atom stereocenters. The second kappa shape index (κ2) is 10.1. The molecule has 1 aliphatic rings. The van der Waals surface area contributed by atoms with E-state index in [1.807, 2.05) is 48.5 Å². The molecule has 1 heterocycles. The number of benzene rings is 2. The fourth-order valence-corrected chi connectivity index (χ4v) is 3.43. The summed E-state index contributed by atoms with van der Waals surface area (Å²) in [5.74, 6) is -0.898. The lowest BCUT2D eigenvalue weighted by Crippen LogP contribution is -2.37. The van der Waals surface area contributed by atoms with Gasteiger partial charge in [-0.1, -0.05) is 31.2 Å². The Morgan fingerprint density at radius 3 is 2.35 bits per heavy atom. The zero-order valence-corrected chi connectivity index (χ0v) is 18.1. The van der Waals surface area contributed by atoms with E-state index < -0.39 is 18.0 Å². The van der Waals surface area contributed by atoms with Gasteiger partial charge in [0.05, 0.1) is 13.0 Å². The molecule has 1 aliphatic heterocycles. The monoisotopic (exact) mass is 424 g/mol. The summed E-state index contributed by atoms with van der Waals surface area (Å²) in [6.07, 6.45) is 0.0506. The van der Waals surface area contributed by atoms with Gasteiger partial charge in [-0.3, -0.25) is 14.4 Å². The highest BCUT2D eigenvalue weighted by molar-refractivity contribution is 5.99. The maximum atomic E-state index is 12.5. The Hall–Kier alpha value is -3.35. The zero-order chi connectivity index (χ0) is 22.4. The topological polar surface area (TPSA) is 84.9 Å². The Bertz CT molecular complexity index is 924. The number of nitrogens with one attached hydrogen (secondary N) is 1. The lowest BCUT2D eigenvalue weighted by molar-refractivity contribution is -0.158. The fraction of sp³-hybridized carbons (Fsp3) is 0.375. The van der Waals surface area contributed by atoms with Crippen molar-refractivity contribution in [2.45, 2.75) is 39.3 Å². The number of esters is 1. The average molecular weight is 424 g/mol. The van der Waals surface area contributed by atoms with E-state index in [-0.39, 0.29) is 24.8 Å². The number of aryl methyl sites for hydroxylation is 1. The van der Waals surface area contributed by atoms with Crippen LogP contribution in [0.25, 0.3) is 0 Å². The average Bonchev–Trinajstić information content (AvgIpc) is 3.19. The third-order valence-electron chi connectivity index (χ3n) is 5.40. The van der Waals surface area contributed by atoms with Gasteiger partial charge in [0.15, 0.2) is 6.10 Å². The van der Waals surface area contributed by atoms with Gasteiger partial charge in [-0.15, -0.1) is 0 Å². The summed E-state index contributed by atoms with van der Waals surface area (Å²) in [5.41, 5.74) is 2.85. The summed E-state index contributed by atoms with van der Waals surface area (Å²) in [5, 5.41) is 2.75. The van der Waals surface area contributed by atoms with E-state index >= 15 is 0 Å². The molecule has 2 aromatic rings. The predicted octanol–water partition coefficient (Wildman–Crippen LogP) is 2.86. The first-order chi connectivity index (χ1) is 14.9. The number of carbonyl (C=O) groups is 3. The number of hydrogen-bond donors (Lipinski definition) is 1. The van der Waals surface area contributed by atoms with Gasteiger partial charge >= 0.3 is 5.97 Å². The van der Waals surface area contributed by atoms with Crippen LogP contribution in [-0.2, 0) is 32.1 Å². The molecule has 1 fully saturated rings. The molecule has 0 aromatic heterocycles. The SMILES string of the molecule is CCc1ccc(N2C[C@@H](C(=O)O[C@H](C)C(=O)NCc3ccc(OC)cc3)CC2=O)cc1. The Kier molecular flexibility index (Phi) is 7.28. The van der Waals surface area contributed by atoms with Crippen LogP contribution in [0.3, 0.4) is 0 Å². The summed E-state index contributed by atoms with van der Waals surface area (Å²) in [6.45, 7) is 4.16. The molecule has 0 aliphatic carbocycles. The Balaban J connectivity index is 1.50. The first-order valence-corrected chi connectivity index (χ1v) is 10.4. The van der Waals surface area contributed by atoms with Gasteiger partial charge in [0.2, 0.25) is 5.91 Å². The van der Waals surface area contributed by atoms with Gasteiger partial charge in [-0.25, -0.2) is 0 Å². The van der Waals surface area contributed by atoms with Crippen molar-refractivity contribution in [3.63, 3.8) is 0 Å². The van der Waals surface area contributed by atoms with Crippen molar-refractivity contribution >= 4 is 23.5 Å². The summed E-state index contributed by atoms with van der Waals surface area (Å²) in [6, 6.07) is 15.0. The van der Waals surface area contributed by atoms with E-state index in [0.717, 1.165) is 23.4 Å². The molecule has 0 spiro atoms. The van der Waals surface area contributed by atoms with Gasteiger partial charge in [0.25, 0.3) is 5.91 Å². The molecule has 0 radical (unpaired) electrons. The van der Waals surface area contributed by atoms with E-state index in [4.69, 9.17) is 9.47 Å². The molecule has 7 heteroatoms. The Labute approximate surface area is 182 Å². The minimum absolute atomic E-state index is 0.0779. The van der Waals surface area contributed by atoms with Gasteiger partial charge in [0.1, 0.15) is 5.75 Å². The molecule has 2 amide bonds. The third-order valence-corrected chi connectivity index (χ3v) is 5.40. The van der Waals surface area contributed by atoms with Crippen molar-refractivity contribution in [1.82, 2.24) is 5.32 Å². The molecule has 0 saturated carbocycles. The molecule has 0 bridgehead atoms. The first kappa shape index (κ1) is 22.3. The highest BCUT2D eigenvalue weighted by atomic mass is 16.5. The first-order valence-electron chi connectivity index (χ1n) is 10.4. The second-order valence-corrected chi connectivity index (χ2v) is 7.57. The minimum Gasteiger partial charge on any atom is -0.497 e. The highest BCUT2D eigenvalue weighted by Crippen LogP contribution is 2.26. The Morgan fingerprint density at radius 1 is 1.10 bits per heavy atom. The number of anilines is 1. The van der Waals surface area contributed by atoms with Crippen LogP contribution in [0, 0.1) is 5.92 Å². The van der Waals surface area contributed by atoms with Gasteiger partial charge in [0, 0.05) is 25.2 Å². The number of amides is 2. The van der Waals surface area contributed by atoms with Crippen molar-refractivity contribution in [3.05, 3.63) is 59.7 Å².